The van der Waals surface area contributed by atoms with Crippen LogP contribution in [0.2, 0.25) is 0 Å². The van der Waals surface area contributed by atoms with Gasteiger partial charge in [-0.25, -0.2) is 5.43 Å². The van der Waals surface area contributed by atoms with Crippen molar-refractivity contribution in [3.8, 4) is 5.75 Å². The average molecular weight is 385 g/mol. The monoisotopic (exact) mass is 385 g/mol. The van der Waals surface area contributed by atoms with Crippen LogP contribution in [0.5, 0.6) is 5.75 Å². The summed E-state index contributed by atoms with van der Waals surface area (Å²) in [5.41, 5.74) is 6.50. The molecule has 0 aliphatic heterocycles. The zero-order valence-electron chi connectivity index (χ0n) is 16.6. The number of rotatable bonds is 6. The minimum absolute atomic E-state index is 0.124. The highest BCUT2D eigenvalue weighted by Crippen LogP contribution is 2.28. The minimum Gasteiger partial charge on any atom is -0.496 e. The van der Waals surface area contributed by atoms with Crippen LogP contribution in [0.4, 0.5) is 0 Å². The zero-order chi connectivity index (χ0) is 20.2. The Kier molecular flexibility index (Phi) is 5.29. The number of fused-ring (bicyclic) bond motifs is 3. The van der Waals surface area contributed by atoms with E-state index in [1.54, 1.807) is 7.11 Å². The molecule has 0 aliphatic rings. The summed E-state index contributed by atoms with van der Waals surface area (Å²) < 4.78 is 7.55. The number of carbonyl (C=O) groups excluding carboxylic acids is 1. The Bertz CT molecular complexity index is 1150. The van der Waals surface area contributed by atoms with Crippen LogP contribution >= 0.6 is 0 Å². The molecule has 0 bridgehead atoms. The molecule has 1 aromatic heterocycles. The fourth-order valence-electron chi connectivity index (χ4n) is 3.66. The van der Waals surface area contributed by atoms with Crippen LogP contribution < -0.4 is 10.2 Å². The molecule has 0 spiro atoms. The maximum absolute atomic E-state index is 12.4. The summed E-state index contributed by atoms with van der Waals surface area (Å²) in [5, 5.41) is 6.66. The zero-order valence-corrected chi connectivity index (χ0v) is 16.6. The van der Waals surface area contributed by atoms with E-state index in [9.17, 15) is 4.79 Å². The molecule has 4 aromatic rings. The molecule has 1 N–H and O–H groups in total. The maximum Gasteiger partial charge on any atom is 0.241 e. The highest BCUT2D eigenvalue weighted by Gasteiger charge is 2.11. The number of aromatic nitrogens is 1. The predicted molar refractivity (Wildman–Crippen MR) is 117 cm³/mol. The molecule has 5 nitrogen and oxygen atoms in total. The maximum atomic E-state index is 12.4. The van der Waals surface area contributed by atoms with Crippen molar-refractivity contribution in [2.24, 2.45) is 5.10 Å². The van der Waals surface area contributed by atoms with Gasteiger partial charge in [0.2, 0.25) is 5.91 Å². The lowest BCUT2D eigenvalue weighted by Crippen LogP contribution is -2.21. The fourth-order valence-corrected chi connectivity index (χ4v) is 3.66. The summed E-state index contributed by atoms with van der Waals surface area (Å²) in [6.45, 7) is 2.44. The molecular formula is C24H23N3O2. The molecule has 5 heteroatoms. The van der Waals surface area contributed by atoms with Gasteiger partial charge in [-0.05, 0) is 31.2 Å². The molecule has 29 heavy (non-hydrogen) atoms. The Morgan fingerprint density at radius 3 is 2.17 bits per heavy atom. The SMILES string of the molecule is COc1ccccc1C(C)=NNC(=O)CCn1c2ccccc2c2ccccc21. The quantitative estimate of drug-likeness (QED) is 0.385. The summed E-state index contributed by atoms with van der Waals surface area (Å²) in [6, 6.07) is 24.2. The van der Waals surface area contributed by atoms with Crippen LogP contribution in [-0.2, 0) is 11.3 Å². The molecule has 0 saturated heterocycles. The average Bonchev–Trinajstić information content (AvgIpc) is 3.09. The summed E-state index contributed by atoms with van der Waals surface area (Å²) >= 11 is 0. The second kappa shape index (κ2) is 8.19. The lowest BCUT2D eigenvalue weighted by Gasteiger charge is -2.09. The van der Waals surface area contributed by atoms with E-state index in [1.165, 1.54) is 10.8 Å². The Morgan fingerprint density at radius 2 is 1.52 bits per heavy atom. The van der Waals surface area contributed by atoms with Gasteiger partial charge in [-0.15, -0.1) is 0 Å². The van der Waals surface area contributed by atoms with E-state index in [0.29, 0.717) is 18.7 Å². The lowest BCUT2D eigenvalue weighted by molar-refractivity contribution is -0.121. The second-order valence-corrected chi connectivity index (χ2v) is 6.87. The van der Waals surface area contributed by atoms with Crippen molar-refractivity contribution in [1.82, 2.24) is 9.99 Å². The van der Waals surface area contributed by atoms with E-state index in [1.807, 2.05) is 55.5 Å². The topological polar surface area (TPSA) is 55.6 Å². The van der Waals surface area contributed by atoms with E-state index in [0.717, 1.165) is 22.3 Å². The Hall–Kier alpha value is -3.60. The van der Waals surface area contributed by atoms with Crippen molar-refractivity contribution >= 4 is 33.4 Å². The number of ether oxygens (including phenoxy) is 1. The molecule has 1 heterocycles. The van der Waals surface area contributed by atoms with E-state index >= 15 is 0 Å². The van der Waals surface area contributed by atoms with Gasteiger partial charge in [-0.1, -0.05) is 48.5 Å². The van der Waals surface area contributed by atoms with Gasteiger partial charge in [0.05, 0.1) is 12.8 Å². The van der Waals surface area contributed by atoms with Gasteiger partial charge in [0.1, 0.15) is 5.75 Å². The molecule has 1 amide bonds. The minimum atomic E-state index is -0.124. The summed E-state index contributed by atoms with van der Waals surface area (Å²) in [4.78, 5) is 12.4. The van der Waals surface area contributed by atoms with Gasteiger partial charge in [0, 0.05) is 40.3 Å². The second-order valence-electron chi connectivity index (χ2n) is 6.87. The smallest absolute Gasteiger partial charge is 0.241 e. The molecule has 0 fully saturated rings. The van der Waals surface area contributed by atoms with Crippen molar-refractivity contribution in [3.05, 3.63) is 78.4 Å². The van der Waals surface area contributed by atoms with Crippen molar-refractivity contribution in [3.63, 3.8) is 0 Å². The number of carbonyl (C=O) groups is 1. The van der Waals surface area contributed by atoms with Crippen molar-refractivity contribution in [2.75, 3.05) is 7.11 Å². The Morgan fingerprint density at radius 1 is 0.931 bits per heavy atom. The first-order valence-corrected chi connectivity index (χ1v) is 9.61. The van der Waals surface area contributed by atoms with E-state index in [4.69, 9.17) is 4.74 Å². The van der Waals surface area contributed by atoms with Crippen LogP contribution in [0.3, 0.4) is 0 Å². The van der Waals surface area contributed by atoms with Crippen LogP contribution in [0, 0.1) is 0 Å². The largest absolute Gasteiger partial charge is 0.496 e. The summed E-state index contributed by atoms with van der Waals surface area (Å²) in [7, 11) is 1.62. The fraction of sp³-hybridized carbons (Fsp3) is 0.167. The Labute approximate surface area is 169 Å². The van der Waals surface area contributed by atoms with Gasteiger partial charge in [0.25, 0.3) is 0 Å². The van der Waals surface area contributed by atoms with E-state index < -0.39 is 0 Å². The third-order valence-corrected chi connectivity index (χ3v) is 5.09. The molecule has 0 saturated carbocycles. The highest BCUT2D eigenvalue weighted by atomic mass is 16.5. The number of hydrogen-bond donors (Lipinski definition) is 1. The van der Waals surface area contributed by atoms with Gasteiger partial charge < -0.3 is 9.30 Å². The van der Waals surface area contributed by atoms with Crippen LogP contribution in [-0.4, -0.2) is 23.3 Å². The van der Waals surface area contributed by atoms with Crippen LogP contribution in [0.15, 0.2) is 77.9 Å². The van der Waals surface area contributed by atoms with Crippen molar-refractivity contribution < 1.29 is 9.53 Å². The number of hydrogen-bond acceptors (Lipinski definition) is 3. The first kappa shape index (κ1) is 18.7. The number of aryl methyl sites for hydroxylation is 1. The molecule has 4 rings (SSSR count). The summed E-state index contributed by atoms with van der Waals surface area (Å²) in [6.07, 6.45) is 0.339. The van der Waals surface area contributed by atoms with Gasteiger partial charge in [-0.2, -0.15) is 5.10 Å². The number of nitrogens with zero attached hydrogens (tertiary/aromatic N) is 2. The molecule has 0 radical (unpaired) electrons. The number of nitrogens with one attached hydrogen (secondary N) is 1. The molecule has 146 valence electrons. The third kappa shape index (κ3) is 3.72. The van der Waals surface area contributed by atoms with E-state index in [2.05, 4.69) is 39.4 Å². The van der Waals surface area contributed by atoms with Gasteiger partial charge in [-0.3, -0.25) is 4.79 Å². The number of para-hydroxylation sites is 3. The summed E-state index contributed by atoms with van der Waals surface area (Å²) in [5.74, 6) is 0.606. The first-order valence-electron chi connectivity index (χ1n) is 9.61. The number of hydrazone groups is 1. The Balaban J connectivity index is 1.50. The number of benzene rings is 3. The van der Waals surface area contributed by atoms with Crippen LogP contribution in [0.25, 0.3) is 21.8 Å². The first-order chi connectivity index (χ1) is 14.2. The molecule has 3 aromatic carbocycles. The number of methoxy groups -OCH3 is 1. The van der Waals surface area contributed by atoms with Crippen molar-refractivity contribution in [2.45, 2.75) is 19.9 Å². The normalized spacial score (nSPS) is 11.7. The standard InChI is InChI=1S/C24H23N3O2/c1-17(18-9-5-8-14-23(18)29-2)25-26-24(28)15-16-27-21-12-6-3-10-19(21)20-11-4-7-13-22(20)27/h3-14H,15-16H2,1-2H3,(H,26,28). The third-order valence-electron chi connectivity index (χ3n) is 5.09. The molecule has 0 atom stereocenters. The lowest BCUT2D eigenvalue weighted by atomic mass is 10.1. The molecular weight excluding hydrogens is 362 g/mol. The van der Waals surface area contributed by atoms with Crippen molar-refractivity contribution in [1.29, 1.82) is 0 Å². The van der Waals surface area contributed by atoms with Gasteiger partial charge in [0.15, 0.2) is 0 Å². The van der Waals surface area contributed by atoms with Gasteiger partial charge >= 0.3 is 0 Å². The van der Waals surface area contributed by atoms with Crippen LogP contribution in [0.1, 0.15) is 18.9 Å². The van der Waals surface area contributed by atoms with E-state index in [-0.39, 0.29) is 5.91 Å². The molecule has 0 unspecified atom stereocenters. The predicted octanol–water partition coefficient (Wildman–Crippen LogP) is 4.73. The molecule has 0 aliphatic carbocycles. The highest BCUT2D eigenvalue weighted by molar-refractivity contribution is 6.08. The number of amides is 1.